The van der Waals surface area contributed by atoms with Crippen molar-refractivity contribution in [1.29, 1.82) is 0 Å². The monoisotopic (exact) mass is 196 g/mol. The summed E-state index contributed by atoms with van der Waals surface area (Å²) in [5.41, 5.74) is -1.26. The molecule has 80 valence electrons. The fraction of sp³-hybridized carbons (Fsp3) is 0.667. The number of hydrogen-bond donors (Lipinski definition) is 2. The van der Waals surface area contributed by atoms with E-state index in [4.69, 9.17) is 0 Å². The van der Waals surface area contributed by atoms with Gasteiger partial charge < -0.3 is 10.2 Å². The average Bonchev–Trinajstić information content (AvgIpc) is 2.13. The van der Waals surface area contributed by atoms with Gasteiger partial charge in [-0.2, -0.15) is 0 Å². The van der Waals surface area contributed by atoms with E-state index in [1.807, 2.05) is 0 Å². The second-order valence-electron chi connectivity index (χ2n) is 4.43. The Balaban J connectivity index is 2.51. The first-order chi connectivity index (χ1) is 6.54. The third-order valence-corrected chi connectivity index (χ3v) is 3.16. The summed E-state index contributed by atoms with van der Waals surface area (Å²) in [5.74, 6) is 0. The molecule has 0 aromatic carbocycles. The van der Waals surface area contributed by atoms with Gasteiger partial charge in [0, 0.05) is 0 Å². The number of hydrogen-bond acceptors (Lipinski definition) is 2. The van der Waals surface area contributed by atoms with Crippen LogP contribution in [-0.4, -0.2) is 21.4 Å². The van der Waals surface area contributed by atoms with Crippen molar-refractivity contribution in [3.8, 4) is 0 Å². The molecule has 1 aliphatic rings. The highest BCUT2D eigenvalue weighted by molar-refractivity contribution is 4.98. The molecule has 1 saturated carbocycles. The average molecular weight is 196 g/mol. The van der Waals surface area contributed by atoms with Crippen molar-refractivity contribution in [2.75, 3.05) is 0 Å². The molecular weight excluding hydrogens is 176 g/mol. The zero-order valence-corrected chi connectivity index (χ0v) is 8.71. The minimum absolute atomic E-state index is 0.622. The van der Waals surface area contributed by atoms with Gasteiger partial charge >= 0.3 is 0 Å². The third-order valence-electron chi connectivity index (χ3n) is 3.16. The van der Waals surface area contributed by atoms with Gasteiger partial charge in [0.25, 0.3) is 0 Å². The van der Waals surface area contributed by atoms with Gasteiger partial charge in [0.15, 0.2) is 0 Å². The lowest BCUT2D eigenvalue weighted by molar-refractivity contribution is -0.0774. The maximum atomic E-state index is 10.1. The Kier molecular flexibility index (Phi) is 3.51. The summed E-state index contributed by atoms with van der Waals surface area (Å²) < 4.78 is 0. The van der Waals surface area contributed by atoms with Crippen molar-refractivity contribution < 1.29 is 10.2 Å². The lowest BCUT2D eigenvalue weighted by Crippen LogP contribution is -2.42. The van der Waals surface area contributed by atoms with E-state index in [9.17, 15) is 10.2 Å². The van der Waals surface area contributed by atoms with E-state index in [2.05, 4.69) is 13.2 Å². The highest BCUT2D eigenvalue weighted by Crippen LogP contribution is 2.38. The van der Waals surface area contributed by atoms with Crippen LogP contribution in [0.5, 0.6) is 0 Å². The van der Waals surface area contributed by atoms with E-state index in [1.54, 1.807) is 12.2 Å². The molecule has 0 heterocycles. The van der Waals surface area contributed by atoms with Crippen molar-refractivity contribution >= 4 is 0 Å². The summed E-state index contributed by atoms with van der Waals surface area (Å²) in [5, 5.41) is 20.1. The standard InChI is InChI=1S/C12H20O2/c1-3-5-11(13)7-9-12(14,6-4-2)10-8-11/h3-4,13-14H,1-2,5-10H2. The quantitative estimate of drug-likeness (QED) is 0.676. The molecule has 0 aromatic heterocycles. The van der Waals surface area contributed by atoms with Crippen LogP contribution in [0.3, 0.4) is 0 Å². The Morgan fingerprint density at radius 3 is 1.36 bits per heavy atom. The molecule has 0 aromatic rings. The zero-order valence-electron chi connectivity index (χ0n) is 8.71. The SMILES string of the molecule is C=CCC1(O)CCC(O)(CC=C)CC1. The first-order valence-electron chi connectivity index (χ1n) is 5.20. The molecule has 1 aliphatic carbocycles. The van der Waals surface area contributed by atoms with Gasteiger partial charge in [0.1, 0.15) is 0 Å². The van der Waals surface area contributed by atoms with Crippen LogP contribution in [0.2, 0.25) is 0 Å². The van der Waals surface area contributed by atoms with E-state index < -0.39 is 11.2 Å². The molecule has 0 saturated heterocycles. The molecule has 0 amide bonds. The Hall–Kier alpha value is -0.600. The summed E-state index contributed by atoms with van der Waals surface area (Å²) in [4.78, 5) is 0. The third kappa shape index (κ3) is 2.69. The Labute approximate surface area is 86.0 Å². The molecular formula is C12H20O2. The first-order valence-corrected chi connectivity index (χ1v) is 5.20. The maximum absolute atomic E-state index is 10.1. The molecule has 0 bridgehead atoms. The van der Waals surface area contributed by atoms with Crippen LogP contribution in [0, 0.1) is 0 Å². The van der Waals surface area contributed by atoms with Gasteiger partial charge in [-0.05, 0) is 38.5 Å². The van der Waals surface area contributed by atoms with Crippen LogP contribution < -0.4 is 0 Å². The summed E-state index contributed by atoms with van der Waals surface area (Å²) in [7, 11) is 0. The van der Waals surface area contributed by atoms with Crippen LogP contribution in [0.25, 0.3) is 0 Å². The van der Waals surface area contributed by atoms with Crippen molar-refractivity contribution in [2.45, 2.75) is 49.7 Å². The number of rotatable bonds is 4. The molecule has 0 aliphatic heterocycles. The summed E-state index contributed by atoms with van der Waals surface area (Å²) in [6.07, 6.45) is 7.36. The molecule has 2 N–H and O–H groups in total. The van der Waals surface area contributed by atoms with Gasteiger partial charge in [-0.1, -0.05) is 12.2 Å². The lowest BCUT2D eigenvalue weighted by Gasteiger charge is -2.40. The fourth-order valence-corrected chi connectivity index (χ4v) is 2.13. The van der Waals surface area contributed by atoms with E-state index in [-0.39, 0.29) is 0 Å². The van der Waals surface area contributed by atoms with E-state index in [1.165, 1.54) is 0 Å². The van der Waals surface area contributed by atoms with Gasteiger partial charge in [-0.25, -0.2) is 0 Å². The molecule has 0 unspecified atom stereocenters. The van der Waals surface area contributed by atoms with Gasteiger partial charge in [0.05, 0.1) is 11.2 Å². The molecule has 14 heavy (non-hydrogen) atoms. The summed E-state index contributed by atoms with van der Waals surface area (Å²) >= 11 is 0. The predicted octanol–water partition coefficient (Wildman–Crippen LogP) is 2.17. The molecule has 2 heteroatoms. The van der Waals surface area contributed by atoms with Crippen LogP contribution in [0.1, 0.15) is 38.5 Å². The lowest BCUT2D eigenvalue weighted by atomic mass is 9.73. The van der Waals surface area contributed by atoms with Crippen LogP contribution in [0.15, 0.2) is 25.3 Å². The smallest absolute Gasteiger partial charge is 0.0684 e. The largest absolute Gasteiger partial charge is 0.390 e. The summed E-state index contributed by atoms with van der Waals surface area (Å²) in [6.45, 7) is 7.27. The zero-order chi connectivity index (χ0) is 10.7. The fourth-order valence-electron chi connectivity index (χ4n) is 2.13. The normalized spacial score (nSPS) is 37.9. The Bertz CT molecular complexity index is 188. The van der Waals surface area contributed by atoms with E-state index >= 15 is 0 Å². The van der Waals surface area contributed by atoms with Crippen molar-refractivity contribution in [3.63, 3.8) is 0 Å². The Morgan fingerprint density at radius 2 is 1.14 bits per heavy atom. The molecule has 1 fully saturated rings. The van der Waals surface area contributed by atoms with Gasteiger partial charge in [-0.15, -0.1) is 13.2 Å². The second-order valence-corrected chi connectivity index (χ2v) is 4.43. The van der Waals surface area contributed by atoms with Crippen molar-refractivity contribution in [2.24, 2.45) is 0 Å². The van der Waals surface area contributed by atoms with Crippen LogP contribution >= 0.6 is 0 Å². The molecule has 1 rings (SSSR count). The van der Waals surface area contributed by atoms with E-state index in [0.717, 1.165) is 0 Å². The van der Waals surface area contributed by atoms with Gasteiger partial charge in [0.2, 0.25) is 0 Å². The molecule has 0 radical (unpaired) electrons. The molecule has 0 atom stereocenters. The Morgan fingerprint density at radius 1 is 0.857 bits per heavy atom. The van der Waals surface area contributed by atoms with Gasteiger partial charge in [-0.3, -0.25) is 0 Å². The van der Waals surface area contributed by atoms with E-state index in [0.29, 0.717) is 38.5 Å². The highest BCUT2D eigenvalue weighted by Gasteiger charge is 2.38. The molecule has 0 spiro atoms. The minimum Gasteiger partial charge on any atom is -0.390 e. The summed E-state index contributed by atoms with van der Waals surface area (Å²) in [6, 6.07) is 0. The van der Waals surface area contributed by atoms with Crippen LogP contribution in [-0.2, 0) is 0 Å². The highest BCUT2D eigenvalue weighted by atomic mass is 16.3. The number of aliphatic hydroxyl groups is 2. The van der Waals surface area contributed by atoms with Crippen molar-refractivity contribution in [1.82, 2.24) is 0 Å². The van der Waals surface area contributed by atoms with Crippen LogP contribution in [0.4, 0.5) is 0 Å². The second kappa shape index (κ2) is 4.28. The first kappa shape index (κ1) is 11.5. The van der Waals surface area contributed by atoms with Crippen molar-refractivity contribution in [3.05, 3.63) is 25.3 Å². The maximum Gasteiger partial charge on any atom is 0.0684 e. The minimum atomic E-state index is -0.630. The topological polar surface area (TPSA) is 40.5 Å². The predicted molar refractivity (Wildman–Crippen MR) is 58.0 cm³/mol. The molecule has 2 nitrogen and oxygen atoms in total.